The smallest absolute Gasteiger partial charge is 0.251 e. The minimum absolute atomic E-state index is 0.119. The average Bonchev–Trinajstić information content (AvgIpc) is 2.83. The van der Waals surface area contributed by atoms with E-state index in [-0.39, 0.29) is 24.4 Å². The quantitative estimate of drug-likeness (QED) is 0.374. The molecule has 0 fully saturated rings. The Balaban J connectivity index is 1.37. The van der Waals surface area contributed by atoms with Crippen LogP contribution in [0.25, 0.3) is 10.8 Å². The molecule has 0 aliphatic heterocycles. The number of benzene rings is 4. The number of hydrogen-bond acceptors (Lipinski definition) is 3. The van der Waals surface area contributed by atoms with E-state index in [0.717, 1.165) is 22.0 Å². The summed E-state index contributed by atoms with van der Waals surface area (Å²) in [5.41, 5.74) is 3.01. The number of amides is 2. The number of carbonyl (C=O) groups is 2. The molecule has 4 rings (SSSR count). The summed E-state index contributed by atoms with van der Waals surface area (Å²) in [4.78, 5) is 25.2. The molecule has 0 saturated carbocycles. The van der Waals surface area contributed by atoms with E-state index in [1.54, 1.807) is 24.3 Å². The van der Waals surface area contributed by atoms with Gasteiger partial charge in [0.2, 0.25) is 5.91 Å². The molecule has 3 N–H and O–H groups in total. The van der Waals surface area contributed by atoms with Crippen molar-refractivity contribution in [1.82, 2.24) is 5.32 Å². The summed E-state index contributed by atoms with van der Waals surface area (Å²) in [6, 6.07) is 30.6. The van der Waals surface area contributed by atoms with Crippen molar-refractivity contribution in [3.05, 3.63) is 108 Å². The second kappa shape index (κ2) is 9.79. The van der Waals surface area contributed by atoms with E-state index in [0.29, 0.717) is 11.3 Å². The second-order valence-electron chi connectivity index (χ2n) is 7.62. The molecule has 0 aromatic heterocycles. The van der Waals surface area contributed by atoms with Crippen LogP contribution in [0.15, 0.2) is 97.1 Å². The molecule has 160 valence electrons. The fourth-order valence-electron chi connectivity index (χ4n) is 3.60. The molecule has 0 radical (unpaired) electrons. The van der Waals surface area contributed by atoms with Gasteiger partial charge in [-0.15, -0.1) is 0 Å². The number of hydrogen-bond donors (Lipinski definition) is 3. The molecule has 4 aromatic rings. The molecule has 0 saturated heterocycles. The van der Waals surface area contributed by atoms with E-state index >= 15 is 0 Å². The van der Waals surface area contributed by atoms with Crippen molar-refractivity contribution in [3.63, 3.8) is 0 Å². The van der Waals surface area contributed by atoms with E-state index in [1.165, 1.54) is 0 Å². The number of nitrogens with one attached hydrogen (secondary N) is 3. The SMILES string of the molecule is CC(NC(=O)c1cccc(NC(=O)CNc2cccc3ccccc23)c1)c1ccccc1. The lowest BCUT2D eigenvalue weighted by molar-refractivity contribution is -0.114. The Morgan fingerprint density at radius 2 is 1.53 bits per heavy atom. The summed E-state index contributed by atoms with van der Waals surface area (Å²) >= 11 is 0. The molecule has 0 heterocycles. The topological polar surface area (TPSA) is 70.2 Å². The molecule has 4 aromatic carbocycles. The predicted octanol–water partition coefficient (Wildman–Crippen LogP) is 5.38. The largest absolute Gasteiger partial charge is 0.376 e. The van der Waals surface area contributed by atoms with E-state index in [9.17, 15) is 9.59 Å². The van der Waals surface area contributed by atoms with Crippen molar-refractivity contribution in [2.45, 2.75) is 13.0 Å². The Bertz CT molecular complexity index is 1230. The van der Waals surface area contributed by atoms with Crippen molar-refractivity contribution in [2.24, 2.45) is 0 Å². The number of rotatable bonds is 7. The van der Waals surface area contributed by atoms with Crippen molar-refractivity contribution < 1.29 is 9.59 Å². The van der Waals surface area contributed by atoms with E-state index in [1.807, 2.05) is 79.7 Å². The minimum atomic E-state index is -0.189. The van der Waals surface area contributed by atoms with Crippen molar-refractivity contribution in [2.75, 3.05) is 17.2 Å². The van der Waals surface area contributed by atoms with Crippen LogP contribution in [-0.2, 0) is 4.79 Å². The Kier molecular flexibility index (Phi) is 6.46. The zero-order valence-corrected chi connectivity index (χ0v) is 17.8. The summed E-state index contributed by atoms with van der Waals surface area (Å²) in [7, 11) is 0. The molecule has 0 aliphatic carbocycles. The second-order valence-corrected chi connectivity index (χ2v) is 7.62. The lowest BCUT2D eigenvalue weighted by atomic mass is 10.1. The van der Waals surface area contributed by atoms with Crippen LogP contribution < -0.4 is 16.0 Å². The van der Waals surface area contributed by atoms with Crippen molar-refractivity contribution >= 4 is 34.0 Å². The highest BCUT2D eigenvalue weighted by Gasteiger charge is 2.12. The van der Waals surface area contributed by atoms with Gasteiger partial charge < -0.3 is 16.0 Å². The molecule has 0 bridgehead atoms. The fraction of sp³-hybridized carbons (Fsp3) is 0.111. The van der Waals surface area contributed by atoms with Crippen LogP contribution >= 0.6 is 0 Å². The van der Waals surface area contributed by atoms with E-state index in [2.05, 4.69) is 16.0 Å². The Hall–Kier alpha value is -4.12. The molecule has 1 atom stereocenters. The Labute approximate surface area is 187 Å². The van der Waals surface area contributed by atoms with Crippen LogP contribution in [0.1, 0.15) is 28.9 Å². The molecule has 5 heteroatoms. The van der Waals surface area contributed by atoms with Gasteiger partial charge in [-0.3, -0.25) is 9.59 Å². The number of carbonyl (C=O) groups excluding carboxylic acids is 2. The molecule has 1 unspecified atom stereocenters. The van der Waals surface area contributed by atoms with Gasteiger partial charge in [0, 0.05) is 22.3 Å². The van der Waals surface area contributed by atoms with Gasteiger partial charge in [0.1, 0.15) is 0 Å². The van der Waals surface area contributed by atoms with Crippen molar-refractivity contribution in [1.29, 1.82) is 0 Å². The van der Waals surface area contributed by atoms with Gasteiger partial charge in [0.25, 0.3) is 5.91 Å². The zero-order chi connectivity index (χ0) is 22.3. The van der Waals surface area contributed by atoms with Crippen LogP contribution in [0.2, 0.25) is 0 Å². The monoisotopic (exact) mass is 423 g/mol. The molecule has 0 aliphatic rings. The molecular weight excluding hydrogens is 398 g/mol. The summed E-state index contributed by atoms with van der Waals surface area (Å²) < 4.78 is 0. The molecule has 2 amide bonds. The summed E-state index contributed by atoms with van der Waals surface area (Å²) in [6.07, 6.45) is 0. The number of anilines is 2. The molecular formula is C27H25N3O2. The average molecular weight is 424 g/mol. The lowest BCUT2D eigenvalue weighted by Crippen LogP contribution is -2.27. The fourth-order valence-corrected chi connectivity index (χ4v) is 3.60. The van der Waals surface area contributed by atoms with Crippen LogP contribution in [0.5, 0.6) is 0 Å². The van der Waals surface area contributed by atoms with Gasteiger partial charge in [-0.1, -0.05) is 72.8 Å². The van der Waals surface area contributed by atoms with E-state index in [4.69, 9.17) is 0 Å². The third-order valence-corrected chi connectivity index (χ3v) is 5.28. The highest BCUT2D eigenvalue weighted by Crippen LogP contribution is 2.22. The molecule has 32 heavy (non-hydrogen) atoms. The predicted molar refractivity (Wildman–Crippen MR) is 130 cm³/mol. The van der Waals surface area contributed by atoms with Gasteiger partial charge >= 0.3 is 0 Å². The summed E-state index contributed by atoms with van der Waals surface area (Å²) in [5, 5.41) is 11.2. The van der Waals surface area contributed by atoms with Crippen LogP contribution in [0.3, 0.4) is 0 Å². The molecule has 0 spiro atoms. The highest BCUT2D eigenvalue weighted by molar-refractivity contribution is 5.99. The van der Waals surface area contributed by atoms with Gasteiger partial charge in [-0.05, 0) is 42.1 Å². The Morgan fingerprint density at radius 3 is 2.38 bits per heavy atom. The van der Waals surface area contributed by atoms with Gasteiger partial charge in [-0.2, -0.15) is 0 Å². The summed E-state index contributed by atoms with van der Waals surface area (Å²) in [6.45, 7) is 2.06. The van der Waals surface area contributed by atoms with Gasteiger partial charge in [0.05, 0.1) is 12.6 Å². The molecule has 5 nitrogen and oxygen atoms in total. The maximum Gasteiger partial charge on any atom is 0.251 e. The Morgan fingerprint density at radius 1 is 0.812 bits per heavy atom. The zero-order valence-electron chi connectivity index (χ0n) is 17.8. The first kappa shape index (κ1) is 21.1. The van der Waals surface area contributed by atoms with Crippen LogP contribution in [0, 0.1) is 0 Å². The first-order valence-corrected chi connectivity index (χ1v) is 10.6. The first-order valence-electron chi connectivity index (χ1n) is 10.6. The normalized spacial score (nSPS) is 11.5. The minimum Gasteiger partial charge on any atom is -0.376 e. The number of fused-ring (bicyclic) bond motifs is 1. The summed E-state index contributed by atoms with van der Waals surface area (Å²) in [5.74, 6) is -0.375. The van der Waals surface area contributed by atoms with Crippen LogP contribution in [-0.4, -0.2) is 18.4 Å². The van der Waals surface area contributed by atoms with Gasteiger partial charge in [-0.25, -0.2) is 0 Å². The lowest BCUT2D eigenvalue weighted by Gasteiger charge is -2.15. The first-order chi connectivity index (χ1) is 15.6. The standard InChI is InChI=1S/C27H25N3O2/c1-19(20-9-3-2-4-10-20)29-27(32)22-13-7-14-23(17-22)30-26(31)18-28-25-16-8-12-21-11-5-6-15-24(21)25/h2-17,19,28H,18H2,1H3,(H,29,32)(H,30,31). The van der Waals surface area contributed by atoms with E-state index < -0.39 is 0 Å². The van der Waals surface area contributed by atoms with Gasteiger partial charge in [0.15, 0.2) is 0 Å². The maximum atomic E-state index is 12.7. The maximum absolute atomic E-state index is 12.7. The van der Waals surface area contributed by atoms with Crippen molar-refractivity contribution in [3.8, 4) is 0 Å². The third-order valence-electron chi connectivity index (χ3n) is 5.28. The van der Waals surface area contributed by atoms with Crippen LogP contribution in [0.4, 0.5) is 11.4 Å². The highest BCUT2D eigenvalue weighted by atomic mass is 16.2. The third kappa shape index (κ3) is 5.13.